The molecule has 0 radical (unpaired) electrons. The van der Waals surface area contributed by atoms with Gasteiger partial charge in [-0.25, -0.2) is 0 Å². The molecule has 0 saturated carbocycles. The number of anilines is 2. The van der Waals surface area contributed by atoms with Gasteiger partial charge in [-0.2, -0.15) is 5.26 Å². The number of nitriles is 1. The van der Waals surface area contributed by atoms with E-state index in [-0.39, 0.29) is 0 Å². The molecular weight excluding hydrogens is 220 g/mol. The molecule has 0 atom stereocenters. The molecule has 2 rings (SSSR count). The first-order valence-corrected chi connectivity index (χ1v) is 5.79. The smallest absolute Gasteiger partial charge is 0.0930 e. The summed E-state index contributed by atoms with van der Waals surface area (Å²) in [5.74, 6) is 0. The molecule has 0 heterocycles. The molecule has 2 nitrogen and oxygen atoms in total. The van der Waals surface area contributed by atoms with Crippen molar-refractivity contribution in [3.05, 3.63) is 72.4 Å². The average Bonchev–Trinajstić information content (AvgIpc) is 2.42. The highest BCUT2D eigenvalue weighted by atomic mass is 15.1. The topological polar surface area (TPSA) is 27.0 Å². The first-order chi connectivity index (χ1) is 8.83. The second kappa shape index (κ2) is 5.70. The molecule has 2 heteroatoms. The molecule has 2 aromatic carbocycles. The molecule has 0 saturated heterocycles. The predicted octanol–water partition coefficient (Wildman–Crippen LogP) is 4.25. The van der Waals surface area contributed by atoms with Crippen LogP contribution in [0.25, 0.3) is 0 Å². The van der Waals surface area contributed by atoms with Crippen LogP contribution in [0.2, 0.25) is 0 Å². The molecule has 0 aliphatic rings. The minimum absolute atomic E-state index is 0.898. The Hall–Kier alpha value is -2.53. The van der Waals surface area contributed by atoms with Gasteiger partial charge in [0.25, 0.3) is 0 Å². The van der Waals surface area contributed by atoms with Gasteiger partial charge in [-0.05, 0) is 31.2 Å². The van der Waals surface area contributed by atoms with Crippen molar-refractivity contribution in [2.75, 3.05) is 4.90 Å². The molecule has 2 aromatic rings. The maximum Gasteiger partial charge on any atom is 0.0930 e. The van der Waals surface area contributed by atoms with Crippen molar-refractivity contribution in [3.8, 4) is 6.07 Å². The number of hydrogen-bond donors (Lipinski definition) is 0. The van der Waals surface area contributed by atoms with Crippen LogP contribution in [0.15, 0.2) is 72.4 Å². The molecular formula is C16H14N2. The summed E-state index contributed by atoms with van der Waals surface area (Å²) in [5, 5.41) is 8.83. The van der Waals surface area contributed by atoms with Gasteiger partial charge in [-0.3, -0.25) is 0 Å². The third-order valence-corrected chi connectivity index (χ3v) is 2.65. The van der Waals surface area contributed by atoms with E-state index >= 15 is 0 Å². The van der Waals surface area contributed by atoms with Crippen molar-refractivity contribution in [1.29, 1.82) is 5.26 Å². The highest BCUT2D eigenvalue weighted by Crippen LogP contribution is 2.28. The molecule has 0 bridgehead atoms. The Balaban J connectivity index is 2.49. The molecule has 18 heavy (non-hydrogen) atoms. The number of hydrogen-bond acceptors (Lipinski definition) is 2. The predicted molar refractivity (Wildman–Crippen MR) is 74.4 cm³/mol. The second-order valence-corrected chi connectivity index (χ2v) is 3.92. The Kier molecular flexibility index (Phi) is 3.78. The number of allylic oxidation sites excluding steroid dienone is 2. The summed E-state index contributed by atoms with van der Waals surface area (Å²) in [4.78, 5) is 2.06. The third-order valence-electron chi connectivity index (χ3n) is 2.65. The van der Waals surface area contributed by atoms with E-state index in [1.807, 2.05) is 67.6 Å². The SMILES string of the molecule is C/C(=C/C#N)N(c1ccccc1)c1ccccc1. The Morgan fingerprint density at radius 2 is 1.39 bits per heavy atom. The van der Waals surface area contributed by atoms with Crippen molar-refractivity contribution in [3.63, 3.8) is 0 Å². The average molecular weight is 234 g/mol. The maximum absolute atomic E-state index is 8.83. The molecule has 88 valence electrons. The quantitative estimate of drug-likeness (QED) is 0.742. The fraction of sp³-hybridized carbons (Fsp3) is 0.0625. The van der Waals surface area contributed by atoms with Crippen LogP contribution in [0.1, 0.15) is 6.92 Å². The molecule has 0 unspecified atom stereocenters. The van der Waals surface area contributed by atoms with Crippen LogP contribution in [0, 0.1) is 11.3 Å². The van der Waals surface area contributed by atoms with Crippen LogP contribution in [0.5, 0.6) is 0 Å². The van der Waals surface area contributed by atoms with Gasteiger partial charge < -0.3 is 4.90 Å². The van der Waals surface area contributed by atoms with E-state index in [2.05, 4.69) is 11.0 Å². The fourth-order valence-electron chi connectivity index (χ4n) is 1.87. The Morgan fingerprint density at radius 1 is 0.944 bits per heavy atom. The normalized spacial score (nSPS) is 10.8. The van der Waals surface area contributed by atoms with E-state index in [4.69, 9.17) is 5.26 Å². The zero-order chi connectivity index (χ0) is 12.8. The lowest BCUT2D eigenvalue weighted by molar-refractivity contribution is 1.16. The lowest BCUT2D eigenvalue weighted by Gasteiger charge is -2.25. The standard InChI is InChI=1S/C16H14N2/c1-14(12-13-17)18(15-8-4-2-5-9-15)16-10-6-3-7-11-16/h2-12H,1H3/b14-12-. The molecule has 0 aliphatic heterocycles. The summed E-state index contributed by atoms with van der Waals surface area (Å²) in [6, 6.07) is 22.1. The summed E-state index contributed by atoms with van der Waals surface area (Å²) < 4.78 is 0. The minimum atomic E-state index is 0.898. The number of benzene rings is 2. The van der Waals surface area contributed by atoms with Gasteiger partial charge in [-0.1, -0.05) is 36.4 Å². The van der Waals surface area contributed by atoms with Crippen LogP contribution in [0.3, 0.4) is 0 Å². The summed E-state index contributed by atoms with van der Waals surface area (Å²) in [6.45, 7) is 1.93. The van der Waals surface area contributed by atoms with E-state index in [0.29, 0.717) is 0 Å². The third kappa shape index (κ3) is 2.58. The fourth-order valence-corrected chi connectivity index (χ4v) is 1.87. The summed E-state index contributed by atoms with van der Waals surface area (Å²) >= 11 is 0. The zero-order valence-corrected chi connectivity index (χ0v) is 10.2. The molecule has 0 aromatic heterocycles. The Morgan fingerprint density at radius 3 is 1.78 bits per heavy atom. The first kappa shape index (κ1) is 11.9. The van der Waals surface area contributed by atoms with Crippen molar-refractivity contribution in [2.24, 2.45) is 0 Å². The van der Waals surface area contributed by atoms with E-state index in [0.717, 1.165) is 17.1 Å². The number of nitrogens with zero attached hydrogens (tertiary/aromatic N) is 2. The van der Waals surface area contributed by atoms with Gasteiger partial charge in [0.2, 0.25) is 0 Å². The minimum Gasteiger partial charge on any atom is -0.314 e. The largest absolute Gasteiger partial charge is 0.314 e. The van der Waals surface area contributed by atoms with Crippen LogP contribution in [-0.2, 0) is 0 Å². The summed E-state index contributed by atoms with van der Waals surface area (Å²) in [7, 11) is 0. The molecule has 0 fully saturated rings. The molecule has 0 N–H and O–H groups in total. The van der Waals surface area contributed by atoms with Crippen molar-refractivity contribution in [2.45, 2.75) is 6.92 Å². The number of para-hydroxylation sites is 2. The van der Waals surface area contributed by atoms with Gasteiger partial charge in [0.15, 0.2) is 0 Å². The van der Waals surface area contributed by atoms with E-state index in [1.54, 1.807) is 6.08 Å². The molecule has 0 amide bonds. The Labute approximate surface area is 107 Å². The number of rotatable bonds is 3. The van der Waals surface area contributed by atoms with Crippen LogP contribution in [-0.4, -0.2) is 0 Å². The summed E-state index contributed by atoms with van der Waals surface area (Å²) in [5.41, 5.74) is 3.00. The highest BCUT2D eigenvalue weighted by Gasteiger charge is 2.10. The van der Waals surface area contributed by atoms with Crippen molar-refractivity contribution in [1.82, 2.24) is 0 Å². The lowest BCUT2D eigenvalue weighted by atomic mass is 10.2. The molecule has 0 spiro atoms. The van der Waals surface area contributed by atoms with E-state index in [9.17, 15) is 0 Å². The van der Waals surface area contributed by atoms with Gasteiger partial charge >= 0.3 is 0 Å². The van der Waals surface area contributed by atoms with Gasteiger partial charge in [0.05, 0.1) is 6.07 Å². The van der Waals surface area contributed by atoms with Gasteiger partial charge in [0.1, 0.15) is 0 Å². The maximum atomic E-state index is 8.83. The second-order valence-electron chi connectivity index (χ2n) is 3.92. The first-order valence-electron chi connectivity index (χ1n) is 5.79. The lowest BCUT2D eigenvalue weighted by Crippen LogP contribution is -2.13. The molecule has 0 aliphatic carbocycles. The van der Waals surface area contributed by atoms with Gasteiger partial charge in [0, 0.05) is 23.1 Å². The summed E-state index contributed by atoms with van der Waals surface area (Å²) in [6.07, 6.45) is 1.56. The monoisotopic (exact) mass is 234 g/mol. The van der Waals surface area contributed by atoms with Crippen LogP contribution in [0.4, 0.5) is 11.4 Å². The van der Waals surface area contributed by atoms with E-state index in [1.165, 1.54) is 0 Å². The van der Waals surface area contributed by atoms with E-state index < -0.39 is 0 Å². The van der Waals surface area contributed by atoms with Crippen LogP contribution >= 0.6 is 0 Å². The highest BCUT2D eigenvalue weighted by molar-refractivity contribution is 5.68. The zero-order valence-electron chi connectivity index (χ0n) is 10.2. The van der Waals surface area contributed by atoms with Crippen molar-refractivity contribution >= 4 is 11.4 Å². The van der Waals surface area contributed by atoms with Crippen LogP contribution < -0.4 is 4.90 Å². The van der Waals surface area contributed by atoms with Crippen molar-refractivity contribution < 1.29 is 0 Å². The van der Waals surface area contributed by atoms with Gasteiger partial charge in [-0.15, -0.1) is 0 Å². The Bertz CT molecular complexity index is 526.